The van der Waals surface area contributed by atoms with Gasteiger partial charge in [0.15, 0.2) is 23.4 Å². The van der Waals surface area contributed by atoms with Gasteiger partial charge in [-0.05, 0) is 37.3 Å². The number of nitrogens with zero attached hydrogens (tertiary/aromatic N) is 1. The van der Waals surface area contributed by atoms with Gasteiger partial charge in [0.25, 0.3) is 0 Å². The van der Waals surface area contributed by atoms with Crippen LogP contribution in [-0.2, 0) is 11.3 Å². The lowest BCUT2D eigenvalue weighted by molar-refractivity contribution is -0.115. The van der Waals surface area contributed by atoms with Crippen LogP contribution >= 0.6 is 0 Å². The van der Waals surface area contributed by atoms with Crippen LogP contribution in [-0.4, -0.2) is 25.0 Å². The number of amides is 1. The molecule has 0 aromatic heterocycles. The molecule has 0 bridgehead atoms. The Morgan fingerprint density at radius 1 is 0.964 bits per heavy atom. The third-order valence-electron chi connectivity index (χ3n) is 3.49. The van der Waals surface area contributed by atoms with E-state index in [0.29, 0.717) is 12.6 Å². The van der Waals surface area contributed by atoms with Crippen molar-refractivity contribution in [2.75, 3.05) is 18.4 Å². The standard InChI is InChI=1S/C18H17F5N4O/c1-2-24-18(25-8-10-7-11(19)3-4-12(10)20)26-9-15(28)27-14-6-5-13(21)16(22)17(14)23/h3-7H,2,8-9H2,1H3,(H,27,28)(H2,24,25,26). The van der Waals surface area contributed by atoms with Gasteiger partial charge < -0.3 is 16.0 Å². The van der Waals surface area contributed by atoms with E-state index < -0.39 is 47.2 Å². The van der Waals surface area contributed by atoms with Gasteiger partial charge in [0.1, 0.15) is 11.6 Å². The third kappa shape index (κ3) is 5.66. The first-order valence-corrected chi connectivity index (χ1v) is 8.21. The molecule has 0 aliphatic carbocycles. The Balaban J connectivity index is 1.99. The quantitative estimate of drug-likeness (QED) is 0.302. The van der Waals surface area contributed by atoms with Crippen molar-refractivity contribution < 1.29 is 26.7 Å². The molecular formula is C18H17F5N4O. The van der Waals surface area contributed by atoms with Crippen LogP contribution in [0.5, 0.6) is 0 Å². The zero-order chi connectivity index (χ0) is 20.7. The lowest BCUT2D eigenvalue weighted by Gasteiger charge is -2.12. The zero-order valence-electron chi connectivity index (χ0n) is 14.8. The Morgan fingerprint density at radius 2 is 1.68 bits per heavy atom. The minimum absolute atomic E-state index is 0.0190. The molecule has 3 N–H and O–H groups in total. The minimum Gasteiger partial charge on any atom is -0.357 e. The van der Waals surface area contributed by atoms with Crippen LogP contribution in [0.2, 0.25) is 0 Å². The molecule has 2 rings (SSSR count). The molecule has 0 spiro atoms. The van der Waals surface area contributed by atoms with Gasteiger partial charge >= 0.3 is 0 Å². The normalized spacial score (nSPS) is 11.3. The second-order valence-corrected chi connectivity index (χ2v) is 5.56. The number of hydrogen-bond acceptors (Lipinski definition) is 2. The van der Waals surface area contributed by atoms with E-state index in [1.165, 1.54) is 0 Å². The summed E-state index contributed by atoms with van der Waals surface area (Å²) in [6.45, 7) is 1.57. The molecule has 1 amide bonds. The molecule has 2 aromatic carbocycles. The second kappa shape index (κ2) is 9.67. The highest BCUT2D eigenvalue weighted by molar-refractivity contribution is 5.95. The van der Waals surface area contributed by atoms with E-state index in [0.717, 1.165) is 24.3 Å². The van der Waals surface area contributed by atoms with Crippen molar-refractivity contribution in [3.05, 3.63) is 65.0 Å². The molecule has 0 aliphatic heterocycles. The number of aliphatic imine (C=N–C) groups is 1. The highest BCUT2D eigenvalue weighted by Crippen LogP contribution is 2.19. The SMILES string of the molecule is CCNC(=NCc1cc(F)ccc1F)NCC(=O)Nc1ccc(F)c(F)c1F. The summed E-state index contributed by atoms with van der Waals surface area (Å²) in [4.78, 5) is 15.9. The van der Waals surface area contributed by atoms with Crippen molar-refractivity contribution in [3.63, 3.8) is 0 Å². The fourth-order valence-electron chi connectivity index (χ4n) is 2.15. The maximum atomic E-state index is 13.6. The Bertz CT molecular complexity index is 889. The predicted octanol–water partition coefficient (Wildman–Crippen LogP) is 3.08. The number of hydrogen-bond donors (Lipinski definition) is 3. The molecule has 0 saturated heterocycles. The van der Waals surface area contributed by atoms with Gasteiger partial charge in [0.05, 0.1) is 18.8 Å². The third-order valence-corrected chi connectivity index (χ3v) is 3.49. The van der Waals surface area contributed by atoms with E-state index in [2.05, 4.69) is 20.9 Å². The van der Waals surface area contributed by atoms with Crippen LogP contribution in [0.15, 0.2) is 35.3 Å². The monoisotopic (exact) mass is 400 g/mol. The van der Waals surface area contributed by atoms with Crippen LogP contribution in [0.3, 0.4) is 0 Å². The van der Waals surface area contributed by atoms with Gasteiger partial charge in [0, 0.05) is 12.1 Å². The van der Waals surface area contributed by atoms with Crippen molar-refractivity contribution in [1.29, 1.82) is 0 Å². The van der Waals surface area contributed by atoms with Crippen LogP contribution in [0.4, 0.5) is 27.6 Å². The summed E-state index contributed by atoms with van der Waals surface area (Å²) in [6.07, 6.45) is 0. The lowest BCUT2D eigenvalue weighted by Crippen LogP contribution is -2.41. The number of rotatable bonds is 6. The number of guanidine groups is 1. The molecule has 0 fully saturated rings. The van der Waals surface area contributed by atoms with Crippen molar-refractivity contribution in [2.24, 2.45) is 4.99 Å². The first-order chi connectivity index (χ1) is 13.3. The zero-order valence-corrected chi connectivity index (χ0v) is 14.8. The number of halogens is 5. The molecule has 10 heteroatoms. The molecule has 28 heavy (non-hydrogen) atoms. The van der Waals surface area contributed by atoms with Crippen LogP contribution in [0.25, 0.3) is 0 Å². The average molecular weight is 400 g/mol. The van der Waals surface area contributed by atoms with Crippen LogP contribution < -0.4 is 16.0 Å². The second-order valence-electron chi connectivity index (χ2n) is 5.56. The molecular weight excluding hydrogens is 383 g/mol. The Labute approximate surface area is 157 Å². The van der Waals surface area contributed by atoms with Crippen molar-refractivity contribution in [3.8, 4) is 0 Å². The van der Waals surface area contributed by atoms with E-state index >= 15 is 0 Å². The summed E-state index contributed by atoms with van der Waals surface area (Å²) >= 11 is 0. The molecule has 0 atom stereocenters. The Kier molecular flexibility index (Phi) is 7.30. The molecule has 0 saturated carbocycles. The van der Waals surface area contributed by atoms with Gasteiger partial charge in [-0.25, -0.2) is 26.9 Å². The molecule has 0 unspecified atom stereocenters. The fraction of sp³-hybridized carbons (Fsp3) is 0.222. The molecule has 150 valence electrons. The summed E-state index contributed by atoms with van der Waals surface area (Å²) in [7, 11) is 0. The van der Waals surface area contributed by atoms with Gasteiger partial charge in [-0.3, -0.25) is 4.79 Å². The fourth-order valence-corrected chi connectivity index (χ4v) is 2.15. The largest absolute Gasteiger partial charge is 0.357 e. The number of anilines is 1. The Morgan fingerprint density at radius 3 is 2.39 bits per heavy atom. The van der Waals surface area contributed by atoms with Gasteiger partial charge in [0.2, 0.25) is 5.91 Å². The number of nitrogens with one attached hydrogen (secondary N) is 3. The van der Waals surface area contributed by atoms with Crippen molar-refractivity contribution in [1.82, 2.24) is 10.6 Å². The maximum absolute atomic E-state index is 13.6. The smallest absolute Gasteiger partial charge is 0.243 e. The van der Waals surface area contributed by atoms with E-state index in [1.807, 2.05) is 0 Å². The minimum atomic E-state index is -1.70. The number of benzene rings is 2. The summed E-state index contributed by atoms with van der Waals surface area (Å²) < 4.78 is 66.5. The lowest BCUT2D eigenvalue weighted by atomic mass is 10.2. The van der Waals surface area contributed by atoms with E-state index in [1.54, 1.807) is 6.92 Å². The van der Waals surface area contributed by atoms with Crippen LogP contribution in [0.1, 0.15) is 12.5 Å². The molecule has 0 aliphatic rings. The first-order valence-electron chi connectivity index (χ1n) is 8.21. The molecule has 5 nitrogen and oxygen atoms in total. The predicted molar refractivity (Wildman–Crippen MR) is 94.1 cm³/mol. The highest BCUT2D eigenvalue weighted by Gasteiger charge is 2.15. The van der Waals surface area contributed by atoms with Gasteiger partial charge in [-0.2, -0.15) is 0 Å². The molecule has 0 heterocycles. The Hall–Kier alpha value is -3.17. The first kappa shape index (κ1) is 21.1. The van der Waals surface area contributed by atoms with Gasteiger partial charge in [-0.1, -0.05) is 0 Å². The van der Waals surface area contributed by atoms with E-state index in [-0.39, 0.29) is 18.1 Å². The average Bonchev–Trinajstić information content (AvgIpc) is 2.67. The summed E-state index contributed by atoms with van der Waals surface area (Å²) in [5.41, 5.74) is -0.500. The van der Waals surface area contributed by atoms with Gasteiger partial charge in [-0.15, -0.1) is 0 Å². The maximum Gasteiger partial charge on any atom is 0.243 e. The van der Waals surface area contributed by atoms with Crippen LogP contribution in [0, 0.1) is 29.1 Å². The number of carbonyl (C=O) groups is 1. The highest BCUT2D eigenvalue weighted by atomic mass is 19.2. The molecule has 2 aromatic rings. The summed E-state index contributed by atoms with van der Waals surface area (Å²) in [5, 5.41) is 7.49. The molecule has 0 radical (unpaired) electrons. The van der Waals surface area contributed by atoms with E-state index in [4.69, 9.17) is 0 Å². The van der Waals surface area contributed by atoms with Crippen molar-refractivity contribution >= 4 is 17.6 Å². The topological polar surface area (TPSA) is 65.5 Å². The summed E-state index contributed by atoms with van der Waals surface area (Å²) in [6, 6.07) is 4.53. The number of carbonyl (C=O) groups excluding carboxylic acids is 1. The van der Waals surface area contributed by atoms with Crippen molar-refractivity contribution in [2.45, 2.75) is 13.5 Å². The summed E-state index contributed by atoms with van der Waals surface area (Å²) in [5.74, 6) is -6.47. The van der Waals surface area contributed by atoms with E-state index in [9.17, 15) is 26.7 Å².